The number of aromatic nitrogens is 6. The Labute approximate surface area is 134 Å². The highest BCUT2D eigenvalue weighted by Gasteiger charge is 2.24. The molecular weight excluding hydrogens is 290 g/mol. The van der Waals surface area contributed by atoms with Crippen molar-refractivity contribution in [2.75, 3.05) is 0 Å². The Balaban J connectivity index is 1.56. The minimum atomic E-state index is 0.179. The third-order valence-corrected chi connectivity index (χ3v) is 4.29. The van der Waals surface area contributed by atoms with Crippen molar-refractivity contribution in [3.05, 3.63) is 59.4 Å². The fourth-order valence-electron chi connectivity index (χ4n) is 3.14. The second-order valence-electron chi connectivity index (χ2n) is 5.90. The summed E-state index contributed by atoms with van der Waals surface area (Å²) in [4.78, 5) is 4.56. The van der Waals surface area contributed by atoms with Gasteiger partial charge in [-0.05, 0) is 30.9 Å². The van der Waals surface area contributed by atoms with Gasteiger partial charge in [-0.3, -0.25) is 9.67 Å². The Hall–Kier alpha value is -2.54. The summed E-state index contributed by atoms with van der Waals surface area (Å²) in [7, 11) is 0. The van der Waals surface area contributed by atoms with E-state index in [0.29, 0.717) is 13.1 Å². The Bertz CT molecular complexity index is 804. The van der Waals surface area contributed by atoms with Crippen molar-refractivity contribution in [1.29, 1.82) is 0 Å². The van der Waals surface area contributed by atoms with Crippen LogP contribution in [0.2, 0.25) is 0 Å². The Morgan fingerprint density at radius 1 is 1.30 bits per heavy atom. The Morgan fingerprint density at radius 2 is 2.26 bits per heavy atom. The van der Waals surface area contributed by atoms with Gasteiger partial charge >= 0.3 is 0 Å². The molecule has 1 aliphatic rings. The van der Waals surface area contributed by atoms with Gasteiger partial charge in [0.15, 0.2) is 0 Å². The number of nitrogens with two attached hydrogens (primary N) is 1. The lowest BCUT2D eigenvalue weighted by atomic mass is 9.92. The first-order valence-corrected chi connectivity index (χ1v) is 7.89. The van der Waals surface area contributed by atoms with Gasteiger partial charge in [-0.15, -0.1) is 5.10 Å². The molecule has 0 fully saturated rings. The fourth-order valence-corrected chi connectivity index (χ4v) is 3.14. The van der Waals surface area contributed by atoms with Crippen LogP contribution < -0.4 is 5.73 Å². The van der Waals surface area contributed by atoms with Gasteiger partial charge in [0.05, 0.1) is 30.7 Å². The topological polar surface area (TPSA) is 87.4 Å². The number of aryl methyl sites for hydroxylation is 1. The van der Waals surface area contributed by atoms with Crippen LogP contribution in [0, 0.1) is 0 Å². The van der Waals surface area contributed by atoms with Gasteiger partial charge in [-0.1, -0.05) is 11.3 Å². The molecule has 0 spiro atoms. The van der Waals surface area contributed by atoms with Gasteiger partial charge in [0.1, 0.15) is 5.69 Å². The highest BCUT2D eigenvalue weighted by molar-refractivity contribution is 5.26. The highest BCUT2D eigenvalue weighted by atomic mass is 15.4. The number of hydrogen-bond acceptors (Lipinski definition) is 5. The number of hydrogen-bond donors (Lipinski definition) is 1. The summed E-state index contributed by atoms with van der Waals surface area (Å²) < 4.78 is 3.78. The number of pyridine rings is 1. The molecule has 1 atom stereocenters. The second-order valence-corrected chi connectivity index (χ2v) is 5.90. The zero-order valence-electron chi connectivity index (χ0n) is 12.8. The van der Waals surface area contributed by atoms with Crippen LogP contribution in [0.25, 0.3) is 0 Å². The summed E-state index contributed by atoms with van der Waals surface area (Å²) >= 11 is 0. The van der Waals surface area contributed by atoms with Crippen LogP contribution in [-0.4, -0.2) is 29.8 Å². The summed E-state index contributed by atoms with van der Waals surface area (Å²) in [5.74, 6) is 0. The molecule has 0 saturated heterocycles. The van der Waals surface area contributed by atoms with E-state index in [-0.39, 0.29) is 6.04 Å². The third kappa shape index (κ3) is 2.75. The lowest BCUT2D eigenvalue weighted by molar-refractivity contribution is 0.430. The van der Waals surface area contributed by atoms with E-state index in [9.17, 15) is 0 Å². The first-order valence-electron chi connectivity index (χ1n) is 7.89. The second kappa shape index (κ2) is 5.92. The van der Waals surface area contributed by atoms with Crippen molar-refractivity contribution in [3.8, 4) is 0 Å². The zero-order chi connectivity index (χ0) is 15.6. The van der Waals surface area contributed by atoms with Gasteiger partial charge in [0.2, 0.25) is 0 Å². The van der Waals surface area contributed by atoms with Crippen LogP contribution >= 0.6 is 0 Å². The van der Waals surface area contributed by atoms with E-state index in [4.69, 9.17) is 5.73 Å². The van der Waals surface area contributed by atoms with Crippen molar-refractivity contribution in [2.24, 2.45) is 5.73 Å². The average molecular weight is 309 g/mol. The van der Waals surface area contributed by atoms with E-state index in [1.165, 1.54) is 5.56 Å². The maximum absolute atomic E-state index is 5.61. The van der Waals surface area contributed by atoms with Crippen molar-refractivity contribution in [2.45, 2.75) is 38.4 Å². The molecule has 3 aromatic rings. The van der Waals surface area contributed by atoms with E-state index in [0.717, 1.165) is 36.2 Å². The van der Waals surface area contributed by atoms with Gasteiger partial charge in [-0.2, -0.15) is 5.10 Å². The molecule has 0 unspecified atom stereocenters. The molecule has 0 amide bonds. The lowest BCUT2D eigenvalue weighted by Crippen LogP contribution is -2.19. The molecule has 0 aliphatic heterocycles. The van der Waals surface area contributed by atoms with Crippen LogP contribution in [-0.2, 0) is 19.5 Å². The zero-order valence-corrected chi connectivity index (χ0v) is 12.8. The van der Waals surface area contributed by atoms with Crippen LogP contribution in [0.3, 0.4) is 0 Å². The largest absolute Gasteiger partial charge is 0.326 e. The van der Waals surface area contributed by atoms with Crippen molar-refractivity contribution >= 4 is 0 Å². The fraction of sp³-hybridized carbons (Fsp3) is 0.375. The number of rotatable bonds is 4. The van der Waals surface area contributed by atoms with Crippen molar-refractivity contribution in [1.82, 2.24) is 29.8 Å². The molecule has 3 heterocycles. The maximum Gasteiger partial charge on any atom is 0.104 e. The average Bonchev–Trinajstić information content (AvgIpc) is 3.24. The van der Waals surface area contributed by atoms with Gasteiger partial charge < -0.3 is 5.73 Å². The molecule has 0 saturated carbocycles. The predicted molar refractivity (Wildman–Crippen MR) is 84.6 cm³/mol. The molecule has 1 aliphatic carbocycles. The number of fused-ring (bicyclic) bond motifs is 1. The number of nitrogens with zero attached hydrogens (tertiary/aromatic N) is 6. The Kier molecular flexibility index (Phi) is 3.63. The molecule has 118 valence electrons. The molecule has 0 aromatic carbocycles. The molecule has 2 N–H and O–H groups in total. The summed E-state index contributed by atoms with van der Waals surface area (Å²) in [6.45, 7) is 1.10. The van der Waals surface area contributed by atoms with Gasteiger partial charge in [-0.25, -0.2) is 4.68 Å². The lowest BCUT2D eigenvalue weighted by Gasteiger charge is -2.23. The minimum absolute atomic E-state index is 0.179. The SMILES string of the molecule is NCc1cnn(Cc2cn([C@@H]3CCCc4cccnc43)nn2)c1. The van der Waals surface area contributed by atoms with Crippen LogP contribution in [0.4, 0.5) is 0 Å². The van der Waals surface area contributed by atoms with Crippen molar-refractivity contribution in [3.63, 3.8) is 0 Å². The van der Waals surface area contributed by atoms with Crippen LogP contribution in [0.15, 0.2) is 36.9 Å². The molecule has 3 aromatic heterocycles. The monoisotopic (exact) mass is 309 g/mol. The molecule has 0 radical (unpaired) electrons. The first-order chi connectivity index (χ1) is 11.3. The maximum atomic E-state index is 5.61. The molecule has 4 rings (SSSR count). The smallest absolute Gasteiger partial charge is 0.104 e. The van der Waals surface area contributed by atoms with E-state index in [1.807, 2.05) is 34.0 Å². The van der Waals surface area contributed by atoms with E-state index in [2.05, 4.69) is 26.5 Å². The summed E-state index contributed by atoms with van der Waals surface area (Å²) in [6, 6.07) is 4.34. The normalized spacial score (nSPS) is 17.2. The predicted octanol–water partition coefficient (Wildman–Crippen LogP) is 1.30. The van der Waals surface area contributed by atoms with Gasteiger partial charge in [0.25, 0.3) is 0 Å². The standard InChI is InChI=1S/C16H19N7/c17-7-12-8-19-22(9-12)10-14-11-23(21-20-14)15-5-1-3-13-4-2-6-18-16(13)15/h2,4,6,8-9,11,15H,1,3,5,7,10,17H2/t15-/m1/s1. The van der Waals surface area contributed by atoms with Gasteiger partial charge in [0, 0.05) is 24.5 Å². The van der Waals surface area contributed by atoms with Crippen LogP contribution in [0.5, 0.6) is 0 Å². The first kappa shape index (κ1) is 14.1. The molecular formula is C16H19N7. The molecule has 7 heteroatoms. The van der Waals surface area contributed by atoms with Crippen LogP contribution in [0.1, 0.15) is 41.4 Å². The van der Waals surface area contributed by atoms with E-state index < -0.39 is 0 Å². The van der Waals surface area contributed by atoms with E-state index >= 15 is 0 Å². The van der Waals surface area contributed by atoms with E-state index in [1.54, 1.807) is 6.20 Å². The molecule has 23 heavy (non-hydrogen) atoms. The summed E-state index contributed by atoms with van der Waals surface area (Å²) in [5.41, 5.74) is 9.96. The highest BCUT2D eigenvalue weighted by Crippen LogP contribution is 2.30. The summed E-state index contributed by atoms with van der Waals surface area (Å²) in [5, 5.41) is 12.9. The minimum Gasteiger partial charge on any atom is -0.326 e. The third-order valence-electron chi connectivity index (χ3n) is 4.29. The quantitative estimate of drug-likeness (QED) is 0.785. The van der Waals surface area contributed by atoms with Crippen molar-refractivity contribution < 1.29 is 0 Å². The Morgan fingerprint density at radius 3 is 3.13 bits per heavy atom. The molecule has 0 bridgehead atoms. The molecule has 7 nitrogen and oxygen atoms in total. The summed E-state index contributed by atoms with van der Waals surface area (Å²) in [6.07, 6.45) is 10.9.